The number of hydrogen-bond acceptors (Lipinski definition) is 3. The highest BCUT2D eigenvalue weighted by molar-refractivity contribution is 7.89. The lowest BCUT2D eigenvalue weighted by Gasteiger charge is -2.14. The molecule has 1 aliphatic carbocycles. The van der Waals surface area contributed by atoms with Crippen LogP contribution in [0.3, 0.4) is 0 Å². The van der Waals surface area contributed by atoms with Gasteiger partial charge in [0.15, 0.2) is 4.90 Å². The highest BCUT2D eigenvalue weighted by Crippen LogP contribution is 2.28. The lowest BCUT2D eigenvalue weighted by Crippen LogP contribution is -2.34. The van der Waals surface area contributed by atoms with E-state index in [1.54, 1.807) is 0 Å². The Morgan fingerprint density at radius 2 is 1.76 bits per heavy atom. The molecule has 1 aromatic rings. The van der Waals surface area contributed by atoms with Crippen molar-refractivity contribution in [3.63, 3.8) is 0 Å². The van der Waals surface area contributed by atoms with E-state index in [-0.39, 0.29) is 31.4 Å². The maximum absolute atomic E-state index is 13.5. The summed E-state index contributed by atoms with van der Waals surface area (Å²) in [6.07, 6.45) is 0.566. The van der Waals surface area contributed by atoms with Crippen LogP contribution in [0.4, 0.5) is 13.2 Å². The molecule has 1 saturated carbocycles. The van der Waals surface area contributed by atoms with E-state index in [1.165, 1.54) is 0 Å². The molecule has 2 atom stereocenters. The molecular weight excluding hydrogens is 311 g/mol. The van der Waals surface area contributed by atoms with Gasteiger partial charge in [0.25, 0.3) is 0 Å². The maximum Gasteiger partial charge on any atom is 0.306 e. The lowest BCUT2D eigenvalue weighted by atomic mass is 10.1. The number of aliphatic carboxylic acids is 1. The third kappa shape index (κ3) is 3.35. The Kier molecular flexibility index (Phi) is 4.24. The zero-order valence-electron chi connectivity index (χ0n) is 10.6. The molecule has 2 rings (SSSR count). The molecule has 0 amide bonds. The fourth-order valence-electron chi connectivity index (χ4n) is 2.38. The number of carbonyl (C=O) groups is 1. The van der Waals surface area contributed by atoms with E-state index >= 15 is 0 Å². The average molecular weight is 323 g/mol. The molecule has 1 fully saturated rings. The summed E-state index contributed by atoms with van der Waals surface area (Å²) in [4.78, 5) is 9.53. The number of rotatable bonds is 4. The Morgan fingerprint density at radius 3 is 2.24 bits per heavy atom. The van der Waals surface area contributed by atoms with Crippen LogP contribution in [0.25, 0.3) is 0 Å². The Balaban J connectivity index is 2.22. The standard InChI is InChI=1S/C12H12F3NO4S/c13-7-4-9(14)11(10(15)5-7)21(19,20)16-8-2-1-6(3-8)12(17)18/h4-6,8,16H,1-3H2,(H,17,18)/t6-,8+/m1/s1. The van der Waals surface area contributed by atoms with Gasteiger partial charge < -0.3 is 5.11 Å². The van der Waals surface area contributed by atoms with Crippen molar-refractivity contribution >= 4 is 16.0 Å². The first-order chi connectivity index (χ1) is 9.70. The molecule has 0 unspecified atom stereocenters. The van der Waals surface area contributed by atoms with Crippen LogP contribution in [0.15, 0.2) is 17.0 Å². The van der Waals surface area contributed by atoms with Crippen molar-refractivity contribution in [1.82, 2.24) is 4.72 Å². The third-order valence-corrected chi connectivity index (χ3v) is 4.91. The fraction of sp³-hybridized carbons (Fsp3) is 0.417. The van der Waals surface area contributed by atoms with Crippen molar-refractivity contribution in [2.75, 3.05) is 0 Å². The van der Waals surface area contributed by atoms with Gasteiger partial charge in [0, 0.05) is 18.2 Å². The summed E-state index contributed by atoms with van der Waals surface area (Å²) in [5.41, 5.74) is 0. The molecule has 0 radical (unpaired) electrons. The topological polar surface area (TPSA) is 83.5 Å². The average Bonchev–Trinajstić information content (AvgIpc) is 2.74. The molecule has 0 bridgehead atoms. The number of benzene rings is 1. The number of hydrogen-bond donors (Lipinski definition) is 2. The van der Waals surface area contributed by atoms with Gasteiger partial charge in [-0.05, 0) is 19.3 Å². The van der Waals surface area contributed by atoms with Gasteiger partial charge in [-0.25, -0.2) is 26.3 Å². The van der Waals surface area contributed by atoms with Gasteiger partial charge in [-0.2, -0.15) is 0 Å². The molecule has 116 valence electrons. The second-order valence-corrected chi connectivity index (χ2v) is 6.52. The van der Waals surface area contributed by atoms with Crippen LogP contribution in [-0.2, 0) is 14.8 Å². The van der Waals surface area contributed by atoms with E-state index in [9.17, 15) is 26.4 Å². The largest absolute Gasteiger partial charge is 0.481 e. The molecule has 9 heteroatoms. The van der Waals surface area contributed by atoms with Crippen molar-refractivity contribution < 1.29 is 31.5 Å². The van der Waals surface area contributed by atoms with E-state index in [2.05, 4.69) is 4.72 Å². The van der Waals surface area contributed by atoms with Gasteiger partial charge in [0.1, 0.15) is 17.5 Å². The van der Waals surface area contributed by atoms with Crippen LogP contribution in [0, 0.1) is 23.4 Å². The summed E-state index contributed by atoms with van der Waals surface area (Å²) in [6.45, 7) is 0. The molecule has 2 N–H and O–H groups in total. The van der Waals surface area contributed by atoms with E-state index in [1.807, 2.05) is 0 Å². The second-order valence-electron chi connectivity index (χ2n) is 4.86. The minimum absolute atomic E-state index is 0.0407. The smallest absolute Gasteiger partial charge is 0.306 e. The van der Waals surface area contributed by atoms with E-state index in [0.29, 0.717) is 0 Å². The molecular formula is C12H12F3NO4S. The Bertz CT molecular complexity index is 654. The second kappa shape index (κ2) is 5.64. The van der Waals surface area contributed by atoms with E-state index < -0.39 is 50.3 Å². The minimum Gasteiger partial charge on any atom is -0.481 e. The SMILES string of the molecule is O=C(O)[C@@H]1CC[C@H](NS(=O)(=O)c2c(F)cc(F)cc2F)C1. The van der Waals surface area contributed by atoms with Crippen LogP contribution in [0.2, 0.25) is 0 Å². The van der Waals surface area contributed by atoms with Crippen molar-refractivity contribution in [3.8, 4) is 0 Å². The Hall–Kier alpha value is -1.61. The number of carboxylic acid groups (broad SMARTS) is 1. The summed E-state index contributed by atoms with van der Waals surface area (Å²) in [5.74, 6) is -6.03. The zero-order valence-corrected chi connectivity index (χ0v) is 11.5. The van der Waals surface area contributed by atoms with Crippen LogP contribution < -0.4 is 4.72 Å². The van der Waals surface area contributed by atoms with E-state index in [0.717, 1.165) is 0 Å². The molecule has 0 aromatic heterocycles. The van der Waals surface area contributed by atoms with Gasteiger partial charge in [-0.1, -0.05) is 0 Å². The molecule has 0 aliphatic heterocycles. The summed E-state index contributed by atoms with van der Waals surface area (Å²) < 4.78 is 65.7. The molecule has 5 nitrogen and oxygen atoms in total. The number of carboxylic acids is 1. The molecule has 0 heterocycles. The number of sulfonamides is 1. The third-order valence-electron chi connectivity index (χ3n) is 3.34. The van der Waals surface area contributed by atoms with Crippen LogP contribution in [-0.4, -0.2) is 25.5 Å². The normalized spacial score (nSPS) is 22.4. The maximum atomic E-state index is 13.5. The van der Waals surface area contributed by atoms with Crippen molar-refractivity contribution in [1.29, 1.82) is 0 Å². The quantitative estimate of drug-likeness (QED) is 0.882. The molecule has 0 spiro atoms. The lowest BCUT2D eigenvalue weighted by molar-refractivity contribution is -0.141. The highest BCUT2D eigenvalue weighted by Gasteiger charge is 2.34. The van der Waals surface area contributed by atoms with Gasteiger partial charge in [0.2, 0.25) is 10.0 Å². The summed E-state index contributed by atoms with van der Waals surface area (Å²) in [7, 11) is -4.53. The molecule has 0 saturated heterocycles. The predicted molar refractivity (Wildman–Crippen MR) is 65.4 cm³/mol. The van der Waals surface area contributed by atoms with Crippen molar-refractivity contribution in [2.24, 2.45) is 5.92 Å². The predicted octanol–water partition coefficient (Wildman–Crippen LogP) is 1.64. The summed E-state index contributed by atoms with van der Waals surface area (Å²) in [6, 6.07) is -0.182. The van der Waals surface area contributed by atoms with E-state index in [4.69, 9.17) is 5.11 Å². The van der Waals surface area contributed by atoms with Crippen LogP contribution in [0.1, 0.15) is 19.3 Å². The van der Waals surface area contributed by atoms with Crippen LogP contribution >= 0.6 is 0 Å². The minimum atomic E-state index is -4.53. The van der Waals surface area contributed by atoms with Crippen molar-refractivity contribution in [3.05, 3.63) is 29.6 Å². The molecule has 21 heavy (non-hydrogen) atoms. The Labute approximate surface area is 118 Å². The highest BCUT2D eigenvalue weighted by atomic mass is 32.2. The van der Waals surface area contributed by atoms with Gasteiger partial charge in [-0.3, -0.25) is 4.79 Å². The summed E-state index contributed by atoms with van der Waals surface area (Å²) in [5, 5.41) is 8.83. The molecule has 1 aromatic carbocycles. The number of nitrogens with one attached hydrogen (secondary N) is 1. The van der Waals surface area contributed by atoms with Crippen molar-refractivity contribution in [2.45, 2.75) is 30.2 Å². The number of halogens is 3. The molecule has 1 aliphatic rings. The van der Waals surface area contributed by atoms with Gasteiger partial charge in [-0.15, -0.1) is 0 Å². The van der Waals surface area contributed by atoms with Crippen LogP contribution in [0.5, 0.6) is 0 Å². The Morgan fingerprint density at radius 1 is 1.19 bits per heavy atom. The summed E-state index contributed by atoms with van der Waals surface area (Å²) >= 11 is 0. The first-order valence-corrected chi connectivity index (χ1v) is 7.58. The van der Waals surface area contributed by atoms with Gasteiger partial charge >= 0.3 is 5.97 Å². The zero-order chi connectivity index (χ0) is 15.8. The first-order valence-electron chi connectivity index (χ1n) is 6.10. The fourth-order valence-corrected chi connectivity index (χ4v) is 3.78. The monoisotopic (exact) mass is 323 g/mol. The van der Waals surface area contributed by atoms with Gasteiger partial charge in [0.05, 0.1) is 5.92 Å². The first kappa shape index (κ1) is 15.8.